The third-order valence-corrected chi connectivity index (χ3v) is 5.83. The standard InChI is InChI=1S/C17H32N2O/c20-17-7-6-14(12-17)13-18-15-8-10-19(11-9-15)16-4-2-1-3-5-16/h14-18,20H,1-13H2/t14-,17-/m0/s1. The average Bonchev–Trinajstić information content (AvgIpc) is 2.92. The zero-order valence-electron chi connectivity index (χ0n) is 12.9. The molecule has 2 aliphatic carbocycles. The minimum absolute atomic E-state index is 0.0186. The SMILES string of the molecule is O[C@H]1CC[C@H](CNC2CCN(C3CCCCC3)CC2)C1. The van der Waals surface area contributed by atoms with E-state index in [-0.39, 0.29) is 6.10 Å². The van der Waals surface area contributed by atoms with Gasteiger partial charge in [0.2, 0.25) is 0 Å². The molecule has 2 saturated carbocycles. The summed E-state index contributed by atoms with van der Waals surface area (Å²) in [6, 6.07) is 1.63. The summed E-state index contributed by atoms with van der Waals surface area (Å²) in [7, 11) is 0. The molecular weight excluding hydrogens is 248 g/mol. The van der Waals surface area contributed by atoms with Gasteiger partial charge in [-0.3, -0.25) is 0 Å². The predicted octanol–water partition coefficient (Wildman–Crippen LogP) is 2.53. The van der Waals surface area contributed by atoms with Crippen LogP contribution >= 0.6 is 0 Å². The van der Waals surface area contributed by atoms with E-state index in [9.17, 15) is 5.11 Å². The van der Waals surface area contributed by atoms with Crippen molar-refractivity contribution in [1.82, 2.24) is 10.2 Å². The van der Waals surface area contributed by atoms with Gasteiger partial charge in [-0.05, 0) is 70.5 Å². The summed E-state index contributed by atoms with van der Waals surface area (Å²) in [5, 5.41) is 13.4. The number of nitrogens with one attached hydrogen (secondary N) is 1. The van der Waals surface area contributed by atoms with Crippen LogP contribution in [0.4, 0.5) is 0 Å². The fraction of sp³-hybridized carbons (Fsp3) is 1.00. The fourth-order valence-electron chi connectivity index (χ4n) is 4.48. The molecule has 0 aromatic rings. The molecule has 2 N–H and O–H groups in total. The van der Waals surface area contributed by atoms with Crippen molar-refractivity contribution < 1.29 is 5.11 Å². The zero-order chi connectivity index (χ0) is 13.8. The molecule has 0 unspecified atom stereocenters. The lowest BCUT2D eigenvalue weighted by Crippen LogP contribution is -2.47. The third kappa shape index (κ3) is 3.96. The van der Waals surface area contributed by atoms with Crippen molar-refractivity contribution in [2.45, 2.75) is 82.4 Å². The molecule has 2 atom stereocenters. The van der Waals surface area contributed by atoms with Gasteiger partial charge < -0.3 is 15.3 Å². The van der Waals surface area contributed by atoms with Gasteiger partial charge in [-0.2, -0.15) is 0 Å². The van der Waals surface area contributed by atoms with E-state index < -0.39 is 0 Å². The van der Waals surface area contributed by atoms with E-state index in [1.807, 2.05) is 0 Å². The van der Waals surface area contributed by atoms with E-state index >= 15 is 0 Å². The molecular formula is C17H32N2O. The number of nitrogens with zero attached hydrogens (tertiary/aromatic N) is 1. The van der Waals surface area contributed by atoms with Gasteiger partial charge in [0.15, 0.2) is 0 Å². The minimum Gasteiger partial charge on any atom is -0.393 e. The van der Waals surface area contributed by atoms with Gasteiger partial charge in [-0.1, -0.05) is 19.3 Å². The maximum atomic E-state index is 9.58. The highest BCUT2D eigenvalue weighted by Crippen LogP contribution is 2.27. The predicted molar refractivity (Wildman–Crippen MR) is 82.8 cm³/mol. The Labute approximate surface area is 124 Å². The molecule has 0 aromatic carbocycles. The molecule has 20 heavy (non-hydrogen) atoms. The van der Waals surface area contributed by atoms with Crippen molar-refractivity contribution in [3.8, 4) is 0 Å². The molecule has 3 fully saturated rings. The molecule has 0 amide bonds. The largest absolute Gasteiger partial charge is 0.393 e. The van der Waals surface area contributed by atoms with Gasteiger partial charge in [0, 0.05) is 12.1 Å². The van der Waals surface area contributed by atoms with E-state index in [1.54, 1.807) is 0 Å². The van der Waals surface area contributed by atoms with Crippen LogP contribution in [0.3, 0.4) is 0 Å². The van der Waals surface area contributed by atoms with Gasteiger partial charge in [0.25, 0.3) is 0 Å². The van der Waals surface area contributed by atoms with Gasteiger partial charge in [0.05, 0.1) is 6.10 Å². The first kappa shape index (κ1) is 14.8. The lowest BCUT2D eigenvalue weighted by Gasteiger charge is -2.39. The van der Waals surface area contributed by atoms with Crippen LogP contribution in [-0.4, -0.2) is 47.8 Å². The molecule has 0 aromatic heterocycles. The number of aliphatic hydroxyl groups is 1. The van der Waals surface area contributed by atoms with E-state index in [2.05, 4.69) is 10.2 Å². The van der Waals surface area contributed by atoms with Crippen molar-refractivity contribution in [2.75, 3.05) is 19.6 Å². The van der Waals surface area contributed by atoms with E-state index in [1.165, 1.54) is 64.5 Å². The Morgan fingerprint density at radius 3 is 2.30 bits per heavy atom. The first-order chi connectivity index (χ1) is 9.81. The number of aliphatic hydroxyl groups excluding tert-OH is 1. The second-order valence-electron chi connectivity index (χ2n) is 7.34. The van der Waals surface area contributed by atoms with Crippen LogP contribution in [0.2, 0.25) is 0 Å². The van der Waals surface area contributed by atoms with Crippen molar-refractivity contribution in [3.63, 3.8) is 0 Å². The quantitative estimate of drug-likeness (QED) is 0.831. The summed E-state index contributed by atoms with van der Waals surface area (Å²) in [6.45, 7) is 3.73. The Bertz CT molecular complexity index is 283. The number of likely N-dealkylation sites (tertiary alicyclic amines) is 1. The summed E-state index contributed by atoms with van der Waals surface area (Å²) >= 11 is 0. The van der Waals surface area contributed by atoms with Crippen LogP contribution in [0.15, 0.2) is 0 Å². The molecule has 3 nitrogen and oxygen atoms in total. The Morgan fingerprint density at radius 2 is 1.65 bits per heavy atom. The van der Waals surface area contributed by atoms with Crippen LogP contribution in [0.5, 0.6) is 0 Å². The highest BCUT2D eigenvalue weighted by atomic mass is 16.3. The first-order valence-corrected chi connectivity index (χ1v) is 8.97. The maximum Gasteiger partial charge on any atom is 0.0543 e. The van der Waals surface area contributed by atoms with Gasteiger partial charge in [-0.15, -0.1) is 0 Å². The average molecular weight is 280 g/mol. The zero-order valence-corrected chi connectivity index (χ0v) is 12.9. The Balaban J connectivity index is 1.33. The Kier molecular flexibility index (Phi) is 5.36. The summed E-state index contributed by atoms with van der Waals surface area (Å²) in [5.41, 5.74) is 0. The lowest BCUT2D eigenvalue weighted by molar-refractivity contribution is 0.114. The summed E-state index contributed by atoms with van der Waals surface area (Å²) in [4.78, 5) is 2.76. The molecule has 0 bridgehead atoms. The summed E-state index contributed by atoms with van der Waals surface area (Å²) in [5.74, 6) is 0.723. The molecule has 1 aliphatic heterocycles. The van der Waals surface area contributed by atoms with Crippen molar-refractivity contribution in [2.24, 2.45) is 5.92 Å². The van der Waals surface area contributed by atoms with Crippen LogP contribution in [0.1, 0.15) is 64.2 Å². The number of piperidine rings is 1. The molecule has 1 saturated heterocycles. The van der Waals surface area contributed by atoms with Crippen molar-refractivity contribution in [1.29, 1.82) is 0 Å². The van der Waals surface area contributed by atoms with Gasteiger partial charge >= 0.3 is 0 Å². The number of hydrogen-bond acceptors (Lipinski definition) is 3. The minimum atomic E-state index is -0.0186. The fourth-order valence-corrected chi connectivity index (χ4v) is 4.48. The molecule has 3 rings (SSSR count). The molecule has 1 heterocycles. The molecule has 0 radical (unpaired) electrons. The van der Waals surface area contributed by atoms with Crippen LogP contribution < -0.4 is 5.32 Å². The van der Waals surface area contributed by atoms with Crippen LogP contribution in [-0.2, 0) is 0 Å². The highest BCUT2D eigenvalue weighted by Gasteiger charge is 2.27. The van der Waals surface area contributed by atoms with E-state index in [0.717, 1.165) is 37.4 Å². The summed E-state index contributed by atoms with van der Waals surface area (Å²) in [6.07, 6.45) is 13.1. The summed E-state index contributed by atoms with van der Waals surface area (Å²) < 4.78 is 0. The smallest absolute Gasteiger partial charge is 0.0543 e. The Morgan fingerprint density at radius 1 is 0.900 bits per heavy atom. The third-order valence-electron chi connectivity index (χ3n) is 5.83. The molecule has 116 valence electrons. The molecule has 3 heteroatoms. The highest BCUT2D eigenvalue weighted by molar-refractivity contribution is 4.84. The topological polar surface area (TPSA) is 35.5 Å². The molecule has 0 spiro atoms. The van der Waals surface area contributed by atoms with Crippen molar-refractivity contribution in [3.05, 3.63) is 0 Å². The number of hydrogen-bond donors (Lipinski definition) is 2. The normalized spacial score (nSPS) is 34.6. The van der Waals surface area contributed by atoms with Crippen LogP contribution in [0.25, 0.3) is 0 Å². The van der Waals surface area contributed by atoms with E-state index in [4.69, 9.17) is 0 Å². The van der Waals surface area contributed by atoms with Crippen molar-refractivity contribution >= 4 is 0 Å². The Hall–Kier alpha value is -0.120. The second-order valence-corrected chi connectivity index (χ2v) is 7.34. The second kappa shape index (κ2) is 7.24. The lowest BCUT2D eigenvalue weighted by atomic mass is 9.92. The van der Waals surface area contributed by atoms with Gasteiger partial charge in [0.1, 0.15) is 0 Å². The number of rotatable bonds is 4. The maximum absolute atomic E-state index is 9.58. The first-order valence-electron chi connectivity index (χ1n) is 8.97. The molecule has 3 aliphatic rings. The van der Waals surface area contributed by atoms with E-state index in [0.29, 0.717) is 0 Å². The van der Waals surface area contributed by atoms with Crippen LogP contribution in [0, 0.1) is 5.92 Å². The van der Waals surface area contributed by atoms with Gasteiger partial charge in [-0.25, -0.2) is 0 Å². The monoisotopic (exact) mass is 280 g/mol.